The number of hydrogen-bond donors (Lipinski definition) is 4. The van der Waals surface area contributed by atoms with E-state index in [4.69, 9.17) is 0 Å². The lowest BCUT2D eigenvalue weighted by atomic mass is 9.92. The van der Waals surface area contributed by atoms with Gasteiger partial charge in [0.2, 0.25) is 11.8 Å². The number of carbonyl (C=O) groups excluding carboxylic acids is 2. The summed E-state index contributed by atoms with van der Waals surface area (Å²) >= 11 is 0. The van der Waals surface area contributed by atoms with Crippen molar-refractivity contribution in [3.8, 4) is 0 Å². The van der Waals surface area contributed by atoms with Crippen LogP contribution >= 0.6 is 0 Å². The van der Waals surface area contributed by atoms with Gasteiger partial charge in [-0.15, -0.1) is 0 Å². The topological polar surface area (TPSA) is 118 Å². The third kappa shape index (κ3) is 8.98. The highest BCUT2D eigenvalue weighted by Crippen LogP contribution is 2.32. The number of aliphatic hydroxyl groups excluding tert-OH is 2. The standard InChI is InChI=1S/C36H45F2N5O4/c1-36(2,3)41-35(47)31-22-42(21-28-29(37)9-6-10-30(28)38)15-16-43(31)20-26(44)18-25(17-23-11-13-39-14-12-23)34(46)40-33-27-8-5-4-7-24(27)19-32(33)45/h4-14,25-26,31-33,44-45H,15-22H2,1-3H3,(H,40,46)(H,41,47)/t25-,26-,31-,32+,33-/m0/s1. The molecule has 5 rings (SSSR count). The summed E-state index contributed by atoms with van der Waals surface area (Å²) in [4.78, 5) is 35.1. The number of aromatic nitrogens is 1. The number of fused-ring (bicyclic) bond motifs is 1. The van der Waals surface area contributed by atoms with Crippen LogP contribution in [-0.4, -0.2) is 86.8 Å². The fourth-order valence-corrected chi connectivity index (χ4v) is 6.63. The minimum Gasteiger partial charge on any atom is -0.392 e. The number of benzene rings is 2. The Bertz CT molecular complexity index is 1520. The van der Waals surface area contributed by atoms with Crippen molar-refractivity contribution in [2.45, 2.75) is 76.4 Å². The number of β-amino-alcohol motifs (C(OH)–C–C–N with tert-alkyl or cyclic N) is 1. The molecule has 1 aliphatic carbocycles. The largest absolute Gasteiger partial charge is 0.392 e. The molecule has 1 fully saturated rings. The number of aliphatic hydroxyl groups is 2. The summed E-state index contributed by atoms with van der Waals surface area (Å²) in [6.45, 7) is 6.78. The number of carbonyl (C=O) groups is 2. The van der Waals surface area contributed by atoms with E-state index in [1.54, 1.807) is 12.4 Å². The fourth-order valence-electron chi connectivity index (χ4n) is 6.63. The lowest BCUT2D eigenvalue weighted by Gasteiger charge is -2.42. The molecule has 0 bridgehead atoms. The maximum absolute atomic E-state index is 14.5. The summed E-state index contributed by atoms with van der Waals surface area (Å²) in [6, 6.07) is 13.8. The van der Waals surface area contributed by atoms with Crippen molar-refractivity contribution in [3.63, 3.8) is 0 Å². The van der Waals surface area contributed by atoms with Crippen LogP contribution in [0.1, 0.15) is 55.5 Å². The second-order valence-electron chi connectivity index (χ2n) is 13.8. The maximum Gasteiger partial charge on any atom is 0.239 e. The number of rotatable bonds is 11. The van der Waals surface area contributed by atoms with Gasteiger partial charge < -0.3 is 20.8 Å². The molecule has 0 saturated carbocycles. The SMILES string of the molecule is CC(C)(C)NC(=O)[C@@H]1CN(Cc2c(F)cccc2F)CCN1C[C@@H](O)C[C@H](Cc1ccncc1)C(=O)N[C@H]1c2ccccc2C[C@H]1O. The number of pyridine rings is 1. The van der Waals surface area contributed by atoms with Crippen molar-refractivity contribution in [2.75, 3.05) is 26.2 Å². The number of nitrogens with one attached hydrogen (secondary N) is 2. The molecule has 3 aromatic rings. The molecule has 1 saturated heterocycles. The number of amides is 2. The molecule has 1 aliphatic heterocycles. The van der Waals surface area contributed by atoms with Crippen molar-refractivity contribution in [1.82, 2.24) is 25.4 Å². The van der Waals surface area contributed by atoms with Crippen molar-refractivity contribution >= 4 is 11.8 Å². The summed E-state index contributed by atoms with van der Waals surface area (Å²) in [5.74, 6) is -2.42. The van der Waals surface area contributed by atoms with E-state index in [-0.39, 0.29) is 43.4 Å². The first kappa shape index (κ1) is 34.6. The minimum absolute atomic E-state index is 0.0124. The average Bonchev–Trinajstić information content (AvgIpc) is 3.33. The molecule has 0 radical (unpaired) electrons. The Morgan fingerprint density at radius 3 is 2.43 bits per heavy atom. The summed E-state index contributed by atoms with van der Waals surface area (Å²) in [6.07, 6.45) is 2.52. The molecule has 0 spiro atoms. The Kier molecular flexibility index (Phi) is 11.0. The highest BCUT2D eigenvalue weighted by molar-refractivity contribution is 5.83. The molecule has 11 heteroatoms. The molecule has 2 aromatic carbocycles. The van der Waals surface area contributed by atoms with Crippen molar-refractivity contribution < 1.29 is 28.6 Å². The Morgan fingerprint density at radius 1 is 1.02 bits per heavy atom. The Hall–Kier alpha value is -3.77. The highest BCUT2D eigenvalue weighted by Gasteiger charge is 2.37. The second-order valence-corrected chi connectivity index (χ2v) is 13.8. The molecule has 9 nitrogen and oxygen atoms in total. The van der Waals surface area contributed by atoms with Gasteiger partial charge >= 0.3 is 0 Å². The number of hydrogen-bond acceptors (Lipinski definition) is 7. The molecule has 0 unspecified atom stereocenters. The predicted octanol–water partition coefficient (Wildman–Crippen LogP) is 3.15. The van der Waals surface area contributed by atoms with E-state index < -0.39 is 47.4 Å². The van der Waals surface area contributed by atoms with Crippen LogP contribution in [0.15, 0.2) is 67.0 Å². The quantitative estimate of drug-likeness (QED) is 0.252. The monoisotopic (exact) mass is 649 g/mol. The van der Waals surface area contributed by atoms with Gasteiger partial charge in [-0.3, -0.25) is 24.4 Å². The zero-order valence-electron chi connectivity index (χ0n) is 27.2. The van der Waals surface area contributed by atoms with E-state index in [0.29, 0.717) is 25.9 Å². The first-order valence-corrected chi connectivity index (χ1v) is 16.2. The van der Waals surface area contributed by atoms with E-state index in [0.717, 1.165) is 16.7 Å². The zero-order chi connectivity index (χ0) is 33.7. The van der Waals surface area contributed by atoms with Crippen LogP contribution in [-0.2, 0) is 29.0 Å². The van der Waals surface area contributed by atoms with Gasteiger partial charge in [0.1, 0.15) is 17.7 Å². The Morgan fingerprint density at radius 2 is 1.72 bits per heavy atom. The highest BCUT2D eigenvalue weighted by atomic mass is 19.1. The van der Waals surface area contributed by atoms with Crippen LogP contribution in [0.25, 0.3) is 0 Å². The first-order valence-electron chi connectivity index (χ1n) is 16.2. The van der Waals surface area contributed by atoms with E-state index >= 15 is 0 Å². The van der Waals surface area contributed by atoms with Gasteiger partial charge in [0.15, 0.2) is 0 Å². The van der Waals surface area contributed by atoms with Crippen LogP contribution < -0.4 is 10.6 Å². The normalized spacial score (nSPS) is 21.6. The van der Waals surface area contributed by atoms with Gasteiger partial charge in [-0.05, 0) is 74.6 Å². The molecular formula is C36H45F2N5O4. The van der Waals surface area contributed by atoms with Crippen LogP contribution in [0.3, 0.4) is 0 Å². The van der Waals surface area contributed by atoms with Crippen LogP contribution in [0.5, 0.6) is 0 Å². The van der Waals surface area contributed by atoms with E-state index in [1.165, 1.54) is 18.2 Å². The summed E-state index contributed by atoms with van der Waals surface area (Å²) in [7, 11) is 0. The Labute approximate surface area is 275 Å². The molecule has 5 atom stereocenters. The van der Waals surface area contributed by atoms with E-state index in [9.17, 15) is 28.6 Å². The maximum atomic E-state index is 14.5. The number of nitrogens with zero attached hydrogens (tertiary/aromatic N) is 3. The van der Waals surface area contributed by atoms with Crippen LogP contribution in [0.4, 0.5) is 8.78 Å². The molecule has 1 aromatic heterocycles. The molecule has 47 heavy (non-hydrogen) atoms. The third-order valence-electron chi connectivity index (χ3n) is 8.93. The molecule has 2 amide bonds. The number of piperazine rings is 1. The van der Waals surface area contributed by atoms with Crippen LogP contribution in [0.2, 0.25) is 0 Å². The van der Waals surface area contributed by atoms with Crippen molar-refractivity contribution in [3.05, 3.63) is 101 Å². The van der Waals surface area contributed by atoms with Crippen molar-refractivity contribution in [2.24, 2.45) is 5.92 Å². The van der Waals surface area contributed by atoms with Gasteiger partial charge in [-0.1, -0.05) is 30.3 Å². The minimum atomic E-state index is -0.964. The lowest BCUT2D eigenvalue weighted by molar-refractivity contribution is -0.132. The van der Waals surface area contributed by atoms with Crippen LogP contribution in [0, 0.1) is 17.6 Å². The average molecular weight is 650 g/mol. The van der Waals surface area contributed by atoms with Gasteiger partial charge in [0, 0.05) is 68.6 Å². The summed E-state index contributed by atoms with van der Waals surface area (Å²) in [5.41, 5.74) is 2.20. The molecule has 252 valence electrons. The molecule has 2 heterocycles. The fraction of sp³-hybridized carbons (Fsp3) is 0.472. The van der Waals surface area contributed by atoms with E-state index in [1.807, 2.05) is 67.0 Å². The first-order chi connectivity index (χ1) is 22.4. The summed E-state index contributed by atoms with van der Waals surface area (Å²) in [5, 5.41) is 28.3. The molecule has 4 N–H and O–H groups in total. The van der Waals surface area contributed by atoms with Gasteiger partial charge in [-0.25, -0.2) is 8.78 Å². The number of halogens is 2. The van der Waals surface area contributed by atoms with Gasteiger partial charge in [-0.2, -0.15) is 0 Å². The summed E-state index contributed by atoms with van der Waals surface area (Å²) < 4.78 is 28.9. The third-order valence-corrected chi connectivity index (χ3v) is 8.93. The smallest absolute Gasteiger partial charge is 0.239 e. The molecule has 2 aliphatic rings. The predicted molar refractivity (Wildman–Crippen MR) is 174 cm³/mol. The molecular weight excluding hydrogens is 604 g/mol. The second kappa shape index (κ2) is 15.0. The van der Waals surface area contributed by atoms with E-state index in [2.05, 4.69) is 15.6 Å². The lowest BCUT2D eigenvalue weighted by Crippen LogP contribution is -2.62. The van der Waals surface area contributed by atoms with Gasteiger partial charge in [0.05, 0.1) is 18.2 Å². The Balaban J connectivity index is 1.30. The van der Waals surface area contributed by atoms with Crippen molar-refractivity contribution in [1.29, 1.82) is 0 Å². The zero-order valence-corrected chi connectivity index (χ0v) is 27.2. The van der Waals surface area contributed by atoms with Gasteiger partial charge in [0.25, 0.3) is 0 Å².